The number of hydrogen-bond acceptors (Lipinski definition) is 4. The molecule has 0 amide bonds. The molecule has 9 aromatic carbocycles. The highest BCUT2D eigenvalue weighted by Gasteiger charge is 2.31. The average molecular weight is 1000 g/mol. The van der Waals surface area contributed by atoms with Crippen LogP contribution in [0.4, 0.5) is 34.1 Å². The lowest BCUT2D eigenvalue weighted by atomic mass is 9.81. The number of halogens is 2. The van der Waals surface area contributed by atoms with Crippen LogP contribution < -0.4 is 9.80 Å². The third-order valence-electron chi connectivity index (χ3n) is 13.6. The van der Waals surface area contributed by atoms with Gasteiger partial charge >= 0.3 is 0 Å². The molecule has 0 aromatic heterocycles. The van der Waals surface area contributed by atoms with Gasteiger partial charge in [0.25, 0.3) is 0 Å². The molecule has 0 radical (unpaired) electrons. The molecule has 0 saturated carbocycles. The van der Waals surface area contributed by atoms with Crippen molar-refractivity contribution in [2.45, 2.75) is 78.6 Å². The Bertz CT molecular complexity index is 3390. The first-order chi connectivity index (χ1) is 35.3. The zero-order valence-corrected chi connectivity index (χ0v) is 45.1. The van der Waals surface area contributed by atoms with Gasteiger partial charge in [0, 0.05) is 55.0 Å². The lowest BCUT2D eigenvalue weighted by Crippen LogP contribution is -2.20. The van der Waals surface area contributed by atoms with Crippen LogP contribution in [0.1, 0.15) is 90.1 Å². The standard InChI is InChI=1S/C68H60Cl2N4/c1-66(2,3)51-34-58(73(56-30-18-28-54(69)40-56)64-60(47-22-12-10-13-23-47)36-52(67(4,5)6)38-62(64)49-26-16-20-45(32-49)43-71)42-59(35-51)74(57-31-19-29-55(70)41-57)65-61(48-24-14-11-15-25-48)37-53(68(7,8)9)39-63(65)50-27-17-21-46(33-50)44-72/h10-42H,1-9H3. The lowest BCUT2D eigenvalue weighted by Gasteiger charge is -2.36. The van der Waals surface area contributed by atoms with E-state index in [2.05, 4.69) is 212 Å². The first kappa shape index (κ1) is 51.1. The number of hydrogen-bond donors (Lipinski definition) is 0. The molecule has 6 heteroatoms. The van der Waals surface area contributed by atoms with Gasteiger partial charge in [-0.15, -0.1) is 0 Å². The Hall–Kier alpha value is -7.86. The molecular weight excluding hydrogens is 944 g/mol. The van der Waals surface area contributed by atoms with Gasteiger partial charge in [0.1, 0.15) is 0 Å². The number of nitrogens with zero attached hydrogens (tertiary/aromatic N) is 4. The molecule has 0 heterocycles. The number of nitriles is 2. The van der Waals surface area contributed by atoms with Crippen LogP contribution in [0.5, 0.6) is 0 Å². The Kier molecular flexibility index (Phi) is 14.2. The Labute approximate surface area is 448 Å². The lowest BCUT2D eigenvalue weighted by molar-refractivity contribution is 0.590. The van der Waals surface area contributed by atoms with Gasteiger partial charge in [-0.1, -0.05) is 183 Å². The summed E-state index contributed by atoms with van der Waals surface area (Å²) in [5.41, 5.74) is 17.0. The van der Waals surface area contributed by atoms with E-state index in [1.54, 1.807) is 0 Å². The highest BCUT2D eigenvalue weighted by Crippen LogP contribution is 2.53. The van der Waals surface area contributed by atoms with E-state index >= 15 is 0 Å². The molecule has 366 valence electrons. The topological polar surface area (TPSA) is 54.1 Å². The minimum atomic E-state index is -0.352. The molecule has 74 heavy (non-hydrogen) atoms. The van der Waals surface area contributed by atoms with Crippen LogP contribution in [-0.4, -0.2) is 0 Å². The molecule has 0 aliphatic heterocycles. The van der Waals surface area contributed by atoms with Crippen molar-refractivity contribution in [3.05, 3.63) is 238 Å². The van der Waals surface area contributed by atoms with Crippen LogP contribution in [0.3, 0.4) is 0 Å². The second-order valence-electron chi connectivity index (χ2n) is 22.1. The maximum absolute atomic E-state index is 10.3. The summed E-state index contributed by atoms with van der Waals surface area (Å²) in [7, 11) is 0. The van der Waals surface area contributed by atoms with E-state index in [0.29, 0.717) is 21.2 Å². The highest BCUT2D eigenvalue weighted by molar-refractivity contribution is 6.31. The molecule has 9 rings (SSSR count). The predicted octanol–water partition coefficient (Wildman–Crippen LogP) is 20.2. The van der Waals surface area contributed by atoms with E-state index < -0.39 is 0 Å². The fourth-order valence-electron chi connectivity index (χ4n) is 9.58. The molecule has 0 aliphatic carbocycles. The van der Waals surface area contributed by atoms with Gasteiger partial charge in [-0.2, -0.15) is 10.5 Å². The quantitative estimate of drug-likeness (QED) is 0.137. The molecule has 0 spiro atoms. The van der Waals surface area contributed by atoms with Gasteiger partial charge in [-0.3, -0.25) is 0 Å². The van der Waals surface area contributed by atoms with Crippen molar-refractivity contribution in [1.82, 2.24) is 0 Å². The van der Waals surface area contributed by atoms with E-state index in [1.807, 2.05) is 72.8 Å². The Morgan fingerprint density at radius 1 is 0.324 bits per heavy atom. The smallest absolute Gasteiger partial charge is 0.0991 e. The van der Waals surface area contributed by atoms with Crippen molar-refractivity contribution in [3.8, 4) is 56.6 Å². The summed E-state index contributed by atoms with van der Waals surface area (Å²) < 4.78 is 0. The van der Waals surface area contributed by atoms with Crippen molar-refractivity contribution < 1.29 is 0 Å². The summed E-state index contributed by atoms with van der Waals surface area (Å²) in [6.45, 7) is 20.2. The fraction of sp³-hybridized carbons (Fsp3) is 0.176. The van der Waals surface area contributed by atoms with Gasteiger partial charge < -0.3 is 9.80 Å². The summed E-state index contributed by atoms with van der Waals surface area (Å²) in [5.74, 6) is 0. The zero-order valence-electron chi connectivity index (χ0n) is 43.6. The molecular formula is C68H60Cl2N4. The molecule has 0 aliphatic rings. The minimum Gasteiger partial charge on any atom is -0.309 e. The van der Waals surface area contributed by atoms with Crippen molar-refractivity contribution in [1.29, 1.82) is 10.5 Å². The predicted molar refractivity (Wildman–Crippen MR) is 313 cm³/mol. The Morgan fingerprint density at radius 3 is 0.986 bits per heavy atom. The van der Waals surface area contributed by atoms with Crippen molar-refractivity contribution in [2.75, 3.05) is 9.80 Å². The van der Waals surface area contributed by atoms with Crippen LogP contribution >= 0.6 is 23.2 Å². The summed E-state index contributed by atoms with van der Waals surface area (Å²) in [6, 6.07) is 74.1. The summed E-state index contributed by atoms with van der Waals surface area (Å²) in [5, 5.41) is 21.9. The fourth-order valence-corrected chi connectivity index (χ4v) is 9.95. The van der Waals surface area contributed by atoms with E-state index in [-0.39, 0.29) is 16.2 Å². The molecule has 4 nitrogen and oxygen atoms in total. The van der Waals surface area contributed by atoms with Gasteiger partial charge in [-0.05, 0) is 158 Å². The first-order valence-corrected chi connectivity index (χ1v) is 25.8. The van der Waals surface area contributed by atoms with Crippen molar-refractivity contribution in [3.63, 3.8) is 0 Å². The van der Waals surface area contributed by atoms with Crippen LogP contribution in [0, 0.1) is 22.7 Å². The van der Waals surface area contributed by atoms with Crippen LogP contribution in [0.25, 0.3) is 44.5 Å². The average Bonchev–Trinajstić information content (AvgIpc) is 3.38. The second kappa shape index (κ2) is 20.6. The van der Waals surface area contributed by atoms with E-state index in [0.717, 1.165) is 95.3 Å². The minimum absolute atomic E-state index is 0.231. The van der Waals surface area contributed by atoms with Gasteiger partial charge in [0.2, 0.25) is 0 Å². The Balaban J connectivity index is 1.48. The summed E-state index contributed by atoms with van der Waals surface area (Å²) >= 11 is 14.2. The van der Waals surface area contributed by atoms with E-state index in [4.69, 9.17) is 23.2 Å². The Morgan fingerprint density at radius 2 is 0.649 bits per heavy atom. The van der Waals surface area contributed by atoms with Gasteiger partial charge in [0.05, 0.1) is 34.6 Å². The van der Waals surface area contributed by atoms with Crippen molar-refractivity contribution in [2.24, 2.45) is 0 Å². The molecule has 0 atom stereocenters. The van der Waals surface area contributed by atoms with E-state index in [1.165, 1.54) is 0 Å². The normalized spacial score (nSPS) is 11.7. The highest BCUT2D eigenvalue weighted by atomic mass is 35.5. The molecule has 0 unspecified atom stereocenters. The summed E-state index contributed by atoms with van der Waals surface area (Å²) in [6.07, 6.45) is 0. The van der Waals surface area contributed by atoms with Crippen LogP contribution in [-0.2, 0) is 16.2 Å². The van der Waals surface area contributed by atoms with Crippen LogP contribution in [0.2, 0.25) is 10.0 Å². The zero-order chi connectivity index (χ0) is 52.5. The third kappa shape index (κ3) is 10.8. The monoisotopic (exact) mass is 1000 g/mol. The van der Waals surface area contributed by atoms with E-state index in [9.17, 15) is 10.5 Å². The maximum Gasteiger partial charge on any atom is 0.0991 e. The first-order valence-electron chi connectivity index (χ1n) is 25.1. The molecule has 0 N–H and O–H groups in total. The van der Waals surface area contributed by atoms with Crippen molar-refractivity contribution >= 4 is 57.3 Å². The number of benzene rings is 9. The molecule has 0 saturated heterocycles. The maximum atomic E-state index is 10.3. The van der Waals surface area contributed by atoms with Gasteiger partial charge in [0.15, 0.2) is 0 Å². The molecule has 0 fully saturated rings. The molecule has 9 aromatic rings. The number of anilines is 6. The largest absolute Gasteiger partial charge is 0.309 e. The van der Waals surface area contributed by atoms with Gasteiger partial charge in [-0.25, -0.2) is 0 Å². The number of rotatable bonds is 10. The SMILES string of the molecule is CC(C)(C)c1cc(N(c2cccc(Cl)c2)c2c(-c3ccccc3)cc(C(C)(C)C)cc2-c2cccc(C#N)c2)cc(N(c2cccc(Cl)c2)c2c(-c3ccccc3)cc(C(C)(C)C)cc2-c2cccc(C#N)c2)c1. The second-order valence-corrected chi connectivity index (χ2v) is 22.9. The summed E-state index contributed by atoms with van der Waals surface area (Å²) in [4.78, 5) is 4.70. The third-order valence-corrected chi connectivity index (χ3v) is 14.1. The molecule has 0 bridgehead atoms. The van der Waals surface area contributed by atoms with Crippen LogP contribution in [0.15, 0.2) is 200 Å².